The molecule has 24 heavy (non-hydrogen) atoms. The molecule has 1 rings (SSSR count). The number of hydrogen-bond acceptors (Lipinski definition) is 8. The number of carboxylic acid groups (broad SMARTS) is 1. The molecule has 0 bridgehead atoms. The summed E-state index contributed by atoms with van der Waals surface area (Å²) in [6.45, 7) is 1.22. The van der Waals surface area contributed by atoms with Crippen LogP contribution in [-0.2, 0) is 9.53 Å². The fourth-order valence-electron chi connectivity index (χ4n) is 2.04. The molecule has 11 N–H and O–H groups in total. The average Bonchev–Trinajstić information content (AvgIpc) is 2.49. The van der Waals surface area contributed by atoms with Gasteiger partial charge in [0, 0.05) is 0 Å². The van der Waals surface area contributed by atoms with Gasteiger partial charge in [0.15, 0.2) is 5.96 Å². The Balaban J connectivity index is 0.00000118. The molecule has 0 radical (unpaired) electrons. The van der Waals surface area contributed by atoms with E-state index in [1.807, 2.05) is 6.92 Å². The molecule has 0 aromatic carbocycles. The van der Waals surface area contributed by atoms with Crippen LogP contribution in [0.2, 0.25) is 0 Å². The maximum Gasteiger partial charge on any atom is 0.320 e. The van der Waals surface area contributed by atoms with Crippen molar-refractivity contribution in [1.29, 1.82) is 5.41 Å². The van der Waals surface area contributed by atoms with Crippen LogP contribution in [0.1, 0.15) is 26.2 Å². The zero-order valence-electron chi connectivity index (χ0n) is 13.6. The smallest absolute Gasteiger partial charge is 0.320 e. The highest BCUT2D eigenvalue weighted by Gasteiger charge is 2.48. The summed E-state index contributed by atoms with van der Waals surface area (Å²) >= 11 is 0. The van der Waals surface area contributed by atoms with Gasteiger partial charge in [0.25, 0.3) is 0 Å². The Labute approximate surface area is 139 Å². The van der Waals surface area contributed by atoms with Crippen LogP contribution in [0.15, 0.2) is 0 Å². The van der Waals surface area contributed by atoms with Crippen molar-refractivity contribution in [3.05, 3.63) is 0 Å². The Morgan fingerprint density at radius 1 is 1.42 bits per heavy atom. The van der Waals surface area contributed by atoms with Crippen molar-refractivity contribution in [2.24, 2.45) is 11.5 Å². The molecule has 1 aliphatic rings. The van der Waals surface area contributed by atoms with Crippen molar-refractivity contribution in [1.82, 2.24) is 5.32 Å². The summed E-state index contributed by atoms with van der Waals surface area (Å²) in [5.74, 6) is -3.52. The minimum atomic E-state index is -2.13. The Morgan fingerprint density at radius 3 is 2.42 bits per heavy atom. The number of carboxylic acids is 1. The van der Waals surface area contributed by atoms with E-state index in [2.05, 4.69) is 16.8 Å². The molecule has 11 nitrogen and oxygen atoms in total. The summed E-state index contributed by atoms with van der Waals surface area (Å²) in [4.78, 5) is 11.0. The van der Waals surface area contributed by atoms with E-state index in [-0.39, 0.29) is 19.1 Å². The van der Waals surface area contributed by atoms with Crippen LogP contribution >= 0.6 is 0 Å². The molecule has 0 aliphatic carbocycles. The van der Waals surface area contributed by atoms with Crippen molar-refractivity contribution in [3.8, 4) is 0 Å². The Morgan fingerprint density at radius 2 is 1.96 bits per heavy atom. The number of hydrogen-bond donors (Lipinski definition) is 9. The fraction of sp³-hybridized carbons (Fsp3) is 0.846. The number of aliphatic hydroxyl groups excluding tert-OH is 3. The number of nitrogens with two attached hydrogens (primary N) is 2. The quantitative estimate of drug-likeness (QED) is 0.166. The summed E-state index contributed by atoms with van der Waals surface area (Å²) in [7, 11) is 0. The van der Waals surface area contributed by atoms with Crippen LogP contribution in [0.4, 0.5) is 0 Å². The first-order valence-corrected chi connectivity index (χ1v) is 7.51. The standard InChI is InChI=1S/C12H23NO7.CH5N3/c1-2-3-4-7(11(17)18)13-6-12(19)10(16)9(15)8(14)5-20-12;2-1(3)4/h7-10,13-16,19H,2-6H2,1H3,(H,17,18);(H5,2,3,4). The molecule has 11 heteroatoms. The van der Waals surface area contributed by atoms with E-state index in [1.165, 1.54) is 0 Å². The lowest BCUT2D eigenvalue weighted by molar-refractivity contribution is -0.318. The largest absolute Gasteiger partial charge is 0.480 e. The Hall–Kier alpha value is -1.50. The van der Waals surface area contributed by atoms with Gasteiger partial charge in [-0.1, -0.05) is 19.8 Å². The molecule has 142 valence electrons. The SMILES string of the molecule is CCCCC(NCC1(O)OCC(O)C(O)C1O)C(=O)O.N=C(N)N. The molecule has 0 aromatic heterocycles. The molecule has 1 heterocycles. The molecule has 1 aliphatic heterocycles. The molecular formula is C13H28N4O7. The van der Waals surface area contributed by atoms with Gasteiger partial charge in [-0.05, 0) is 6.42 Å². The van der Waals surface area contributed by atoms with Gasteiger partial charge < -0.3 is 41.7 Å². The van der Waals surface area contributed by atoms with Gasteiger partial charge in [-0.15, -0.1) is 0 Å². The number of unbranched alkanes of at least 4 members (excludes halogenated alkanes) is 1. The fourth-order valence-corrected chi connectivity index (χ4v) is 2.04. The van der Waals surface area contributed by atoms with E-state index >= 15 is 0 Å². The summed E-state index contributed by atoms with van der Waals surface area (Å²) in [5.41, 5.74) is 8.94. The third kappa shape index (κ3) is 7.38. The summed E-state index contributed by atoms with van der Waals surface area (Å²) < 4.78 is 4.94. The summed E-state index contributed by atoms with van der Waals surface area (Å²) in [5, 5.41) is 56.3. The molecule has 1 fully saturated rings. The van der Waals surface area contributed by atoms with Gasteiger partial charge in [0.2, 0.25) is 5.79 Å². The monoisotopic (exact) mass is 352 g/mol. The van der Waals surface area contributed by atoms with Gasteiger partial charge in [-0.2, -0.15) is 0 Å². The van der Waals surface area contributed by atoms with Crippen molar-refractivity contribution in [2.45, 2.75) is 56.3 Å². The predicted molar refractivity (Wildman–Crippen MR) is 84.0 cm³/mol. The maximum absolute atomic E-state index is 11.0. The van der Waals surface area contributed by atoms with Gasteiger partial charge >= 0.3 is 5.97 Å². The van der Waals surface area contributed by atoms with Crippen molar-refractivity contribution < 1.29 is 35.1 Å². The number of aliphatic hydroxyl groups is 4. The Kier molecular flexibility index (Phi) is 9.73. The van der Waals surface area contributed by atoms with Gasteiger partial charge in [-0.3, -0.25) is 15.5 Å². The molecule has 0 amide bonds. The molecule has 5 atom stereocenters. The van der Waals surface area contributed by atoms with Crippen LogP contribution < -0.4 is 16.8 Å². The van der Waals surface area contributed by atoms with Crippen LogP contribution in [0.3, 0.4) is 0 Å². The number of guanidine groups is 1. The lowest BCUT2D eigenvalue weighted by Gasteiger charge is -2.42. The van der Waals surface area contributed by atoms with E-state index in [1.54, 1.807) is 0 Å². The highest BCUT2D eigenvalue weighted by Crippen LogP contribution is 2.23. The molecule has 5 unspecified atom stereocenters. The molecule has 0 saturated carbocycles. The second kappa shape index (κ2) is 10.4. The number of rotatable bonds is 7. The first kappa shape index (κ1) is 22.5. The van der Waals surface area contributed by atoms with Crippen LogP contribution in [0, 0.1) is 5.41 Å². The van der Waals surface area contributed by atoms with Crippen LogP contribution in [0.25, 0.3) is 0 Å². The van der Waals surface area contributed by atoms with Crippen molar-refractivity contribution in [3.63, 3.8) is 0 Å². The zero-order chi connectivity index (χ0) is 18.9. The number of nitrogens with one attached hydrogen (secondary N) is 2. The van der Waals surface area contributed by atoms with E-state index < -0.39 is 36.1 Å². The minimum absolute atomic E-state index is 0.333. The lowest BCUT2D eigenvalue weighted by atomic mass is 9.96. The Bertz CT molecular complexity index is 408. The van der Waals surface area contributed by atoms with E-state index in [0.717, 1.165) is 6.42 Å². The second-order valence-corrected chi connectivity index (χ2v) is 5.53. The first-order valence-electron chi connectivity index (χ1n) is 7.51. The lowest BCUT2D eigenvalue weighted by Crippen LogP contribution is -2.65. The van der Waals surface area contributed by atoms with E-state index in [9.17, 15) is 25.2 Å². The minimum Gasteiger partial charge on any atom is -0.480 e. The first-order chi connectivity index (χ1) is 11.0. The van der Waals surface area contributed by atoms with Crippen LogP contribution in [-0.4, -0.2) is 80.8 Å². The highest BCUT2D eigenvalue weighted by molar-refractivity contribution is 5.73. The summed E-state index contributed by atoms with van der Waals surface area (Å²) in [6, 6.07) is -0.876. The highest BCUT2D eigenvalue weighted by atomic mass is 16.6. The van der Waals surface area contributed by atoms with Gasteiger partial charge in [-0.25, -0.2) is 0 Å². The van der Waals surface area contributed by atoms with Crippen molar-refractivity contribution >= 4 is 11.9 Å². The molecule has 0 aromatic rings. The maximum atomic E-state index is 11.0. The zero-order valence-corrected chi connectivity index (χ0v) is 13.6. The van der Waals surface area contributed by atoms with E-state index in [0.29, 0.717) is 12.8 Å². The van der Waals surface area contributed by atoms with Crippen molar-refractivity contribution in [2.75, 3.05) is 13.2 Å². The molecule has 0 spiro atoms. The van der Waals surface area contributed by atoms with Gasteiger partial charge in [0.05, 0.1) is 13.2 Å². The second-order valence-electron chi connectivity index (χ2n) is 5.53. The summed E-state index contributed by atoms with van der Waals surface area (Å²) in [6.07, 6.45) is -2.65. The van der Waals surface area contributed by atoms with Gasteiger partial charge in [0.1, 0.15) is 24.4 Å². The number of ether oxygens (including phenoxy) is 1. The third-order valence-corrected chi connectivity index (χ3v) is 3.43. The normalized spacial score (nSPS) is 30.8. The molecular weight excluding hydrogens is 324 g/mol. The van der Waals surface area contributed by atoms with E-state index in [4.69, 9.17) is 15.3 Å². The third-order valence-electron chi connectivity index (χ3n) is 3.43. The predicted octanol–water partition coefficient (Wildman–Crippen LogP) is -3.14. The molecule has 1 saturated heterocycles. The average molecular weight is 352 g/mol. The number of carbonyl (C=O) groups is 1. The topological polar surface area (TPSA) is 215 Å². The van der Waals surface area contributed by atoms with Crippen LogP contribution in [0.5, 0.6) is 0 Å². The number of aliphatic carboxylic acids is 1.